The van der Waals surface area contributed by atoms with E-state index in [1.165, 1.54) is 56.0 Å². The maximum atomic E-state index is 2.58. The van der Waals surface area contributed by atoms with Crippen LogP contribution >= 0.6 is 0 Å². The fourth-order valence-corrected chi connectivity index (χ4v) is 3.29. The number of hydrogen-bond acceptors (Lipinski definition) is 3. The number of piperazine rings is 1. The topological polar surface area (TPSA) is 9.72 Å². The second kappa shape index (κ2) is 5.51. The zero-order chi connectivity index (χ0) is 13.2. The molecule has 3 rings (SSSR count). The second-order valence-corrected chi connectivity index (χ2v) is 5.95. The molecule has 0 spiro atoms. The Kier molecular flexibility index (Phi) is 3.76. The van der Waals surface area contributed by atoms with Gasteiger partial charge < -0.3 is 4.90 Å². The van der Waals surface area contributed by atoms with Crippen molar-refractivity contribution in [2.75, 3.05) is 44.7 Å². The van der Waals surface area contributed by atoms with Gasteiger partial charge >= 0.3 is 0 Å². The second-order valence-electron chi connectivity index (χ2n) is 5.95. The van der Waals surface area contributed by atoms with Crippen molar-refractivity contribution in [1.29, 1.82) is 0 Å². The van der Waals surface area contributed by atoms with Crippen LogP contribution < -0.4 is 4.90 Å². The SMILES string of the molecule is CCCN1CCN(c2ccc3c(c2)CN(C)C3)CC1. The van der Waals surface area contributed by atoms with E-state index in [0.29, 0.717) is 0 Å². The highest BCUT2D eigenvalue weighted by molar-refractivity contribution is 5.52. The Morgan fingerprint density at radius 3 is 2.47 bits per heavy atom. The lowest BCUT2D eigenvalue weighted by Crippen LogP contribution is -2.46. The number of hydrogen-bond donors (Lipinski definition) is 0. The van der Waals surface area contributed by atoms with E-state index in [1.807, 2.05) is 0 Å². The fraction of sp³-hybridized carbons (Fsp3) is 0.625. The van der Waals surface area contributed by atoms with E-state index in [0.717, 1.165) is 13.1 Å². The number of nitrogens with zero attached hydrogens (tertiary/aromatic N) is 3. The molecule has 1 saturated heterocycles. The molecule has 0 saturated carbocycles. The summed E-state index contributed by atoms with van der Waals surface area (Å²) in [7, 11) is 2.20. The standard InChI is InChI=1S/C16H25N3/c1-3-6-18-7-9-19(10-8-18)16-5-4-14-12-17(2)13-15(14)11-16/h4-5,11H,3,6-10,12-13H2,1-2H3. The van der Waals surface area contributed by atoms with Gasteiger partial charge in [-0.15, -0.1) is 0 Å². The third-order valence-corrected chi connectivity index (χ3v) is 4.35. The van der Waals surface area contributed by atoms with Crippen LogP contribution in [-0.4, -0.2) is 49.6 Å². The molecule has 2 aliphatic heterocycles. The van der Waals surface area contributed by atoms with Crippen molar-refractivity contribution < 1.29 is 0 Å². The van der Waals surface area contributed by atoms with E-state index in [-0.39, 0.29) is 0 Å². The Labute approximate surface area is 116 Å². The average Bonchev–Trinajstić information content (AvgIpc) is 2.79. The molecule has 1 aromatic carbocycles. The molecule has 2 aliphatic rings. The Hall–Kier alpha value is -1.06. The van der Waals surface area contributed by atoms with Gasteiger partial charge in [-0.2, -0.15) is 0 Å². The summed E-state index contributed by atoms with van der Waals surface area (Å²) >= 11 is 0. The summed E-state index contributed by atoms with van der Waals surface area (Å²) in [5.41, 5.74) is 4.46. The zero-order valence-corrected chi connectivity index (χ0v) is 12.2. The van der Waals surface area contributed by atoms with Gasteiger partial charge in [-0.3, -0.25) is 9.80 Å². The third kappa shape index (κ3) is 2.77. The lowest BCUT2D eigenvalue weighted by atomic mass is 10.1. The van der Waals surface area contributed by atoms with Crippen molar-refractivity contribution in [3.63, 3.8) is 0 Å². The van der Waals surface area contributed by atoms with Gasteiger partial charge in [-0.25, -0.2) is 0 Å². The van der Waals surface area contributed by atoms with Crippen molar-refractivity contribution in [2.45, 2.75) is 26.4 Å². The first kappa shape index (κ1) is 12.9. The molecule has 0 bridgehead atoms. The number of fused-ring (bicyclic) bond motifs is 1. The van der Waals surface area contributed by atoms with E-state index < -0.39 is 0 Å². The average molecular weight is 259 g/mol. The van der Waals surface area contributed by atoms with Gasteiger partial charge in [0.1, 0.15) is 0 Å². The summed E-state index contributed by atoms with van der Waals surface area (Å²) in [6, 6.07) is 7.05. The van der Waals surface area contributed by atoms with Crippen molar-refractivity contribution in [3.8, 4) is 0 Å². The minimum Gasteiger partial charge on any atom is -0.369 e. The maximum absolute atomic E-state index is 2.58. The Morgan fingerprint density at radius 2 is 1.74 bits per heavy atom. The molecule has 0 amide bonds. The molecule has 0 unspecified atom stereocenters. The molecule has 1 fully saturated rings. The van der Waals surface area contributed by atoms with Gasteiger partial charge in [-0.1, -0.05) is 13.0 Å². The van der Waals surface area contributed by atoms with Gasteiger partial charge in [0.05, 0.1) is 0 Å². The van der Waals surface area contributed by atoms with Crippen molar-refractivity contribution in [2.24, 2.45) is 0 Å². The van der Waals surface area contributed by atoms with Gasteiger partial charge in [0.2, 0.25) is 0 Å². The zero-order valence-electron chi connectivity index (χ0n) is 12.2. The summed E-state index contributed by atoms with van der Waals surface area (Å²) in [5.74, 6) is 0. The summed E-state index contributed by atoms with van der Waals surface area (Å²) < 4.78 is 0. The monoisotopic (exact) mass is 259 g/mol. The Bertz CT molecular complexity index is 436. The molecule has 1 aromatic rings. The summed E-state index contributed by atoms with van der Waals surface area (Å²) in [5, 5.41) is 0. The lowest BCUT2D eigenvalue weighted by molar-refractivity contribution is 0.258. The first-order chi connectivity index (χ1) is 9.26. The van der Waals surface area contributed by atoms with Crippen LogP contribution in [0.5, 0.6) is 0 Å². The van der Waals surface area contributed by atoms with Crippen molar-refractivity contribution in [3.05, 3.63) is 29.3 Å². The molecule has 3 heteroatoms. The van der Waals surface area contributed by atoms with Crippen molar-refractivity contribution >= 4 is 5.69 Å². The Morgan fingerprint density at radius 1 is 1.00 bits per heavy atom. The van der Waals surface area contributed by atoms with Gasteiger partial charge in [0.15, 0.2) is 0 Å². The molecular formula is C16H25N3. The lowest BCUT2D eigenvalue weighted by Gasteiger charge is -2.36. The van der Waals surface area contributed by atoms with Crippen LogP contribution in [0.4, 0.5) is 5.69 Å². The molecule has 2 heterocycles. The van der Waals surface area contributed by atoms with E-state index in [4.69, 9.17) is 0 Å². The quantitative estimate of drug-likeness (QED) is 0.823. The highest BCUT2D eigenvalue weighted by Crippen LogP contribution is 2.27. The van der Waals surface area contributed by atoms with Crippen molar-refractivity contribution in [1.82, 2.24) is 9.80 Å². The van der Waals surface area contributed by atoms with Crippen LogP contribution in [0, 0.1) is 0 Å². The highest BCUT2D eigenvalue weighted by atomic mass is 15.3. The molecule has 0 radical (unpaired) electrons. The summed E-state index contributed by atoms with van der Waals surface area (Å²) in [4.78, 5) is 7.51. The first-order valence-corrected chi connectivity index (χ1v) is 7.54. The molecule has 0 N–H and O–H groups in total. The first-order valence-electron chi connectivity index (χ1n) is 7.54. The van der Waals surface area contributed by atoms with Crippen LogP contribution in [-0.2, 0) is 13.1 Å². The van der Waals surface area contributed by atoms with E-state index in [1.54, 1.807) is 0 Å². The fourth-order valence-electron chi connectivity index (χ4n) is 3.29. The smallest absolute Gasteiger partial charge is 0.0370 e. The minimum atomic E-state index is 1.11. The predicted octanol–water partition coefficient (Wildman–Crippen LogP) is 2.16. The largest absolute Gasteiger partial charge is 0.369 e. The van der Waals surface area contributed by atoms with E-state index in [2.05, 4.69) is 46.9 Å². The molecular weight excluding hydrogens is 234 g/mol. The Balaban J connectivity index is 1.66. The maximum Gasteiger partial charge on any atom is 0.0370 e. The van der Waals surface area contributed by atoms with Crippen LogP contribution in [0.15, 0.2) is 18.2 Å². The van der Waals surface area contributed by atoms with Crippen LogP contribution in [0.2, 0.25) is 0 Å². The van der Waals surface area contributed by atoms with Gasteiger partial charge in [0, 0.05) is 45.0 Å². The summed E-state index contributed by atoms with van der Waals surface area (Å²) in [6.45, 7) is 10.5. The van der Waals surface area contributed by atoms with Crippen LogP contribution in [0.1, 0.15) is 24.5 Å². The number of anilines is 1. The number of rotatable bonds is 3. The normalized spacial score (nSPS) is 20.8. The number of benzene rings is 1. The molecule has 0 aromatic heterocycles. The molecule has 0 atom stereocenters. The van der Waals surface area contributed by atoms with Crippen LogP contribution in [0.3, 0.4) is 0 Å². The molecule has 19 heavy (non-hydrogen) atoms. The summed E-state index contributed by atoms with van der Waals surface area (Å²) in [6.07, 6.45) is 1.27. The molecule has 0 aliphatic carbocycles. The van der Waals surface area contributed by atoms with E-state index >= 15 is 0 Å². The van der Waals surface area contributed by atoms with Gasteiger partial charge in [0.25, 0.3) is 0 Å². The molecule has 104 valence electrons. The third-order valence-electron chi connectivity index (χ3n) is 4.35. The van der Waals surface area contributed by atoms with Gasteiger partial charge in [-0.05, 0) is 43.3 Å². The molecule has 3 nitrogen and oxygen atoms in total. The van der Waals surface area contributed by atoms with Crippen LogP contribution in [0.25, 0.3) is 0 Å². The predicted molar refractivity (Wildman–Crippen MR) is 80.6 cm³/mol. The van der Waals surface area contributed by atoms with E-state index in [9.17, 15) is 0 Å². The minimum absolute atomic E-state index is 1.11. The highest BCUT2D eigenvalue weighted by Gasteiger charge is 2.20.